The van der Waals surface area contributed by atoms with E-state index in [-0.39, 0.29) is 32.1 Å². The molecule has 9 aromatic rings. The molecule has 426 valence electrons. The SMILES string of the molecule is CC(=O)OCC1OC2(CCCn3c4c5cc6c7c8c(cc9ccc%10cc%11c%12c%13c(cc(c3c%13c(c3c8c9c%10c%123)c74)CC5)C%11)C6)CCC1(OC13CCC(OC(C)=O)(C(COC(C)=O)O1)C(OC(C)=O)C3OC(C)=O)C(OC(C)=O)C2OC(C)=O. The van der Waals surface area contributed by atoms with Crippen LogP contribution in [0.25, 0.3) is 86.4 Å². The Morgan fingerprint density at radius 3 is 1.46 bits per heavy atom. The largest absolute Gasteiger partial charge is 0.463 e. The van der Waals surface area contributed by atoms with E-state index in [1.165, 1.54) is 148 Å². The summed E-state index contributed by atoms with van der Waals surface area (Å²) in [6.45, 7) is 7.86. The van der Waals surface area contributed by atoms with Gasteiger partial charge in [-0.05, 0) is 145 Å². The van der Waals surface area contributed by atoms with Crippen LogP contribution < -0.4 is 0 Å². The number of rotatable bonds is 15. The van der Waals surface area contributed by atoms with Crippen molar-refractivity contribution in [2.75, 3.05) is 13.2 Å². The van der Waals surface area contributed by atoms with Crippen molar-refractivity contribution in [3.05, 3.63) is 69.8 Å². The molecule has 0 amide bonds. The summed E-state index contributed by atoms with van der Waals surface area (Å²) in [6, 6.07) is 14.5. The monoisotopic (exact) mass is 1130 g/mol. The second-order valence-corrected chi connectivity index (χ2v) is 24.7. The van der Waals surface area contributed by atoms with E-state index in [0.717, 1.165) is 46.5 Å². The molecular formula is C65H59NO17. The normalized spacial score (nSPS) is 29.0. The molecule has 8 aromatic carbocycles. The topological polar surface area (TPSA) is 217 Å². The van der Waals surface area contributed by atoms with E-state index in [0.29, 0.717) is 13.0 Å². The molecule has 10 unspecified atom stereocenters. The van der Waals surface area contributed by atoms with Gasteiger partial charge in [-0.1, -0.05) is 36.4 Å². The molecule has 18 nitrogen and oxygen atoms in total. The van der Waals surface area contributed by atoms with Gasteiger partial charge in [-0.25, -0.2) is 0 Å². The van der Waals surface area contributed by atoms with Crippen molar-refractivity contribution in [3.63, 3.8) is 0 Å². The van der Waals surface area contributed by atoms with Crippen LogP contribution in [0.2, 0.25) is 0 Å². The molecule has 4 saturated heterocycles. The second-order valence-electron chi connectivity index (χ2n) is 24.7. The third-order valence-corrected chi connectivity index (χ3v) is 20.0. The summed E-state index contributed by atoms with van der Waals surface area (Å²) < 4.78 is 66.2. The van der Waals surface area contributed by atoms with Crippen LogP contribution in [-0.2, 0) is 113 Å². The first-order valence-corrected chi connectivity index (χ1v) is 29.0. The lowest BCUT2D eigenvalue weighted by molar-refractivity contribution is -0.467. The molecule has 6 heterocycles. The van der Waals surface area contributed by atoms with Crippen LogP contribution in [0.15, 0.2) is 36.4 Å². The Kier molecular flexibility index (Phi) is 10.4. The number of hydrogen-bond donors (Lipinski definition) is 0. The lowest BCUT2D eigenvalue weighted by Crippen LogP contribution is -2.83. The zero-order chi connectivity index (χ0) is 57.3. The Hall–Kier alpha value is -7.67. The number of ether oxygens (including phenoxy) is 10. The molecule has 6 fully saturated rings. The Labute approximate surface area is 473 Å². The summed E-state index contributed by atoms with van der Waals surface area (Å²) in [5, 5.41) is 19.1. The highest BCUT2D eigenvalue weighted by molar-refractivity contribution is 6.55. The molecule has 0 N–H and O–H groups in total. The van der Waals surface area contributed by atoms with Crippen molar-refractivity contribution in [2.45, 2.75) is 178 Å². The molecular weight excluding hydrogens is 1070 g/mol. The Morgan fingerprint density at radius 2 is 0.928 bits per heavy atom. The van der Waals surface area contributed by atoms with Crippen LogP contribution in [0.4, 0.5) is 0 Å². The number of aromatic nitrogens is 1. The maximum atomic E-state index is 13.7. The molecule has 9 aliphatic rings. The minimum absolute atomic E-state index is 0.0137. The number of esters is 7. The average Bonchev–Trinajstić information content (AvgIpc) is 1.54. The van der Waals surface area contributed by atoms with E-state index < -0.39 is 114 Å². The first-order valence-electron chi connectivity index (χ1n) is 29.0. The van der Waals surface area contributed by atoms with Crippen molar-refractivity contribution in [2.24, 2.45) is 0 Å². The molecule has 5 aliphatic heterocycles. The molecule has 0 spiro atoms. The molecule has 10 atom stereocenters. The van der Waals surface area contributed by atoms with Crippen molar-refractivity contribution in [3.8, 4) is 0 Å². The van der Waals surface area contributed by atoms with E-state index in [2.05, 4.69) is 41.0 Å². The third-order valence-electron chi connectivity index (χ3n) is 20.0. The predicted octanol–water partition coefficient (Wildman–Crippen LogP) is 8.88. The zero-order valence-corrected chi connectivity index (χ0v) is 47.0. The summed E-state index contributed by atoms with van der Waals surface area (Å²) in [5.41, 5.74) is 5.41. The molecule has 2 saturated carbocycles. The number of pyridine rings is 1. The summed E-state index contributed by atoms with van der Waals surface area (Å²) in [7, 11) is 0. The second kappa shape index (κ2) is 17.0. The highest BCUT2D eigenvalue weighted by Crippen LogP contribution is 2.63. The lowest BCUT2D eigenvalue weighted by Gasteiger charge is -2.67. The van der Waals surface area contributed by atoms with Gasteiger partial charge in [0.25, 0.3) is 0 Å². The minimum atomic E-state index is -2.18. The molecule has 4 aliphatic carbocycles. The van der Waals surface area contributed by atoms with Gasteiger partial charge in [0.1, 0.15) is 36.6 Å². The van der Waals surface area contributed by atoms with E-state index >= 15 is 0 Å². The minimum Gasteiger partial charge on any atom is -0.463 e. The van der Waals surface area contributed by atoms with Crippen molar-refractivity contribution in [1.29, 1.82) is 0 Å². The van der Waals surface area contributed by atoms with Crippen LogP contribution in [0.5, 0.6) is 0 Å². The highest BCUT2D eigenvalue weighted by atomic mass is 16.8. The number of carbonyl (C=O) groups excluding carboxylic acids is 7. The first kappa shape index (κ1) is 51.0. The molecule has 1 aromatic heterocycles. The van der Waals surface area contributed by atoms with Crippen molar-refractivity contribution >= 4 is 128 Å². The number of fused-ring (bicyclic) bond motifs is 6. The van der Waals surface area contributed by atoms with Gasteiger partial charge in [0.05, 0.1) is 11.0 Å². The number of aryl methyl sites for hydroxylation is 3. The van der Waals surface area contributed by atoms with Crippen molar-refractivity contribution < 1.29 is 80.9 Å². The standard InChI is InChI=1S/C65H59NO17/c1-27(67)74-25-42-63(80-33(7)73)16-17-65(82-42,61(79-32(6)72)60(63)78-31(5)71)83-64-15-14-62(81-43(64)26-75-28(2)68,58(76-29(3)69)59(64)77-30(4)70)13-8-18-66-56-36-11-12-37-22-41-24-39-20-35-10-9-34-19-38-23-40(21-36)48-46(38)50-44(34)45(35)51-47(39)49(41)55(57(37)66)53(52(50)51)54(48)56/h9-10,19-22,42-43,58-61H,8,11-18,23-26H2,1-7H3. The van der Waals surface area contributed by atoms with Gasteiger partial charge >= 0.3 is 41.8 Å². The Morgan fingerprint density at radius 1 is 0.470 bits per heavy atom. The van der Waals surface area contributed by atoms with Gasteiger partial charge in [0, 0.05) is 83.0 Å². The van der Waals surface area contributed by atoms with Crippen LogP contribution in [-0.4, -0.2) is 119 Å². The molecule has 0 radical (unpaired) electrons. The predicted molar refractivity (Wildman–Crippen MR) is 299 cm³/mol. The molecule has 83 heavy (non-hydrogen) atoms. The van der Waals surface area contributed by atoms with Gasteiger partial charge in [0.2, 0.25) is 5.79 Å². The fourth-order valence-corrected chi connectivity index (χ4v) is 17.6. The molecule has 18 heteroatoms. The van der Waals surface area contributed by atoms with Gasteiger partial charge in [0.15, 0.2) is 30.0 Å². The quantitative estimate of drug-likeness (QED) is 0.0405. The third kappa shape index (κ3) is 6.62. The average molecular weight is 1130 g/mol. The van der Waals surface area contributed by atoms with E-state index in [1.54, 1.807) is 0 Å². The van der Waals surface area contributed by atoms with E-state index in [9.17, 15) is 33.6 Å². The van der Waals surface area contributed by atoms with Gasteiger partial charge in [-0.2, -0.15) is 0 Å². The van der Waals surface area contributed by atoms with Gasteiger partial charge < -0.3 is 51.9 Å². The fraction of sp³-hybridized carbons (Fsp3) is 0.462. The lowest BCUT2D eigenvalue weighted by atomic mass is 9.63. The maximum Gasteiger partial charge on any atom is 0.303 e. The number of nitrogens with zero attached hydrogens (tertiary/aromatic N) is 1. The van der Waals surface area contributed by atoms with E-state index in [4.69, 9.17) is 47.4 Å². The number of carbonyl (C=O) groups is 7. The van der Waals surface area contributed by atoms with Crippen LogP contribution in [0.1, 0.15) is 120 Å². The van der Waals surface area contributed by atoms with E-state index in [1.807, 2.05) is 0 Å². The van der Waals surface area contributed by atoms with Crippen LogP contribution in [0, 0.1) is 0 Å². The summed E-state index contributed by atoms with van der Waals surface area (Å²) >= 11 is 0. The Balaban J connectivity index is 0.837. The molecule has 6 bridgehead atoms. The summed E-state index contributed by atoms with van der Waals surface area (Å²) in [6.07, 6.45) is -4.74. The van der Waals surface area contributed by atoms with Gasteiger partial charge in [-0.15, -0.1) is 0 Å². The van der Waals surface area contributed by atoms with Crippen LogP contribution in [0.3, 0.4) is 0 Å². The number of benzene rings is 7. The highest BCUT2D eigenvalue weighted by Gasteiger charge is 2.78. The maximum absolute atomic E-state index is 13.7. The Bertz CT molecular complexity index is 4250. The van der Waals surface area contributed by atoms with Crippen molar-refractivity contribution in [1.82, 2.24) is 4.57 Å². The van der Waals surface area contributed by atoms with Crippen LogP contribution >= 0.6 is 0 Å². The smallest absolute Gasteiger partial charge is 0.303 e. The molecule has 18 rings (SSSR count). The van der Waals surface area contributed by atoms with Gasteiger partial charge in [-0.3, -0.25) is 33.6 Å². The summed E-state index contributed by atoms with van der Waals surface area (Å²) in [4.78, 5) is 92.1. The number of hydrogen-bond acceptors (Lipinski definition) is 17. The zero-order valence-electron chi connectivity index (χ0n) is 47.0. The summed E-state index contributed by atoms with van der Waals surface area (Å²) in [5.74, 6) is -7.50. The first-order chi connectivity index (χ1) is 39.7. The fourth-order valence-electron chi connectivity index (χ4n) is 17.6.